The third-order valence-corrected chi connectivity index (χ3v) is 2.86. The number of carbonyl (C=O) groups excluding carboxylic acids is 1. The van der Waals surface area contributed by atoms with Crippen molar-refractivity contribution in [3.63, 3.8) is 0 Å². The van der Waals surface area contributed by atoms with Crippen molar-refractivity contribution in [1.29, 1.82) is 0 Å². The lowest BCUT2D eigenvalue weighted by Crippen LogP contribution is -2.28. The number of nitrogens with one attached hydrogen (secondary N) is 1. The van der Waals surface area contributed by atoms with Crippen molar-refractivity contribution in [2.75, 3.05) is 20.3 Å². The maximum Gasteiger partial charge on any atom is 0.245 e. The number of aliphatic hydroxyl groups is 1. The van der Waals surface area contributed by atoms with Crippen LogP contribution >= 0.6 is 11.3 Å². The quantitative estimate of drug-likeness (QED) is 0.763. The van der Waals surface area contributed by atoms with Gasteiger partial charge in [0.2, 0.25) is 5.91 Å². The molecule has 1 aromatic rings. The van der Waals surface area contributed by atoms with Crippen LogP contribution in [0.3, 0.4) is 0 Å². The summed E-state index contributed by atoms with van der Waals surface area (Å²) in [5.41, 5.74) is 0. The van der Waals surface area contributed by atoms with Gasteiger partial charge in [-0.3, -0.25) is 4.79 Å². The molecule has 1 rings (SSSR count). The third kappa shape index (κ3) is 4.42. The minimum absolute atomic E-state index is 0.0646. The van der Waals surface area contributed by atoms with Crippen LogP contribution in [0.4, 0.5) is 0 Å². The fourth-order valence-electron chi connectivity index (χ4n) is 1.15. The summed E-state index contributed by atoms with van der Waals surface area (Å²) >= 11 is 1.51. The van der Waals surface area contributed by atoms with Crippen LogP contribution in [-0.2, 0) is 9.53 Å². The van der Waals surface area contributed by atoms with Gasteiger partial charge in [-0.15, -0.1) is 11.3 Å². The SMILES string of the molecule is COCC(=O)NCCC(O)c1cccs1. The molecule has 0 saturated heterocycles. The maximum atomic E-state index is 11.0. The number of hydrogen-bond acceptors (Lipinski definition) is 4. The molecule has 0 aliphatic heterocycles. The molecule has 0 bridgehead atoms. The maximum absolute atomic E-state index is 11.0. The highest BCUT2D eigenvalue weighted by Crippen LogP contribution is 2.20. The van der Waals surface area contributed by atoms with E-state index in [0.717, 1.165) is 4.88 Å². The fraction of sp³-hybridized carbons (Fsp3) is 0.500. The van der Waals surface area contributed by atoms with Crippen molar-refractivity contribution in [3.05, 3.63) is 22.4 Å². The van der Waals surface area contributed by atoms with Crippen LogP contribution in [0.2, 0.25) is 0 Å². The van der Waals surface area contributed by atoms with Crippen LogP contribution in [0.1, 0.15) is 17.4 Å². The normalized spacial score (nSPS) is 12.4. The molecule has 1 unspecified atom stereocenters. The van der Waals surface area contributed by atoms with Crippen LogP contribution < -0.4 is 5.32 Å². The largest absolute Gasteiger partial charge is 0.388 e. The Morgan fingerprint density at radius 1 is 1.73 bits per heavy atom. The van der Waals surface area contributed by atoms with Gasteiger partial charge in [-0.25, -0.2) is 0 Å². The number of amides is 1. The zero-order valence-electron chi connectivity index (χ0n) is 8.60. The highest BCUT2D eigenvalue weighted by molar-refractivity contribution is 7.10. The van der Waals surface area contributed by atoms with Crippen molar-refractivity contribution in [2.45, 2.75) is 12.5 Å². The van der Waals surface area contributed by atoms with Gasteiger partial charge in [-0.2, -0.15) is 0 Å². The second-order valence-corrected chi connectivity index (χ2v) is 4.08. The highest BCUT2D eigenvalue weighted by atomic mass is 32.1. The minimum Gasteiger partial charge on any atom is -0.388 e. The Labute approximate surface area is 92.9 Å². The van der Waals surface area contributed by atoms with E-state index in [1.54, 1.807) is 0 Å². The van der Waals surface area contributed by atoms with Gasteiger partial charge in [0.1, 0.15) is 6.61 Å². The molecule has 5 heteroatoms. The first kappa shape index (κ1) is 12.2. The number of rotatable bonds is 6. The molecule has 0 saturated carbocycles. The van der Waals surface area contributed by atoms with E-state index in [1.165, 1.54) is 18.4 Å². The van der Waals surface area contributed by atoms with Gasteiger partial charge in [0.15, 0.2) is 0 Å². The standard InChI is InChI=1S/C10H15NO3S/c1-14-7-10(13)11-5-4-8(12)9-3-2-6-15-9/h2-3,6,8,12H,4-5,7H2,1H3,(H,11,13). The molecule has 0 aromatic carbocycles. The van der Waals surface area contributed by atoms with Gasteiger partial charge in [-0.05, 0) is 17.9 Å². The monoisotopic (exact) mass is 229 g/mol. The molecular formula is C10H15NO3S. The van der Waals surface area contributed by atoms with E-state index in [4.69, 9.17) is 0 Å². The van der Waals surface area contributed by atoms with Crippen LogP contribution in [0.15, 0.2) is 17.5 Å². The molecule has 1 amide bonds. The molecule has 1 aromatic heterocycles. The zero-order chi connectivity index (χ0) is 11.1. The first-order valence-electron chi connectivity index (χ1n) is 4.71. The lowest BCUT2D eigenvalue weighted by atomic mass is 10.2. The van der Waals surface area contributed by atoms with Crippen molar-refractivity contribution in [1.82, 2.24) is 5.32 Å². The molecule has 0 aliphatic rings. The number of hydrogen-bond donors (Lipinski definition) is 2. The molecule has 84 valence electrons. The van der Waals surface area contributed by atoms with Crippen molar-refractivity contribution >= 4 is 17.2 Å². The Kier molecular flexibility index (Phi) is 5.31. The fourth-order valence-corrected chi connectivity index (χ4v) is 1.90. The molecule has 0 radical (unpaired) electrons. The molecule has 1 heterocycles. The van der Waals surface area contributed by atoms with E-state index in [0.29, 0.717) is 13.0 Å². The lowest BCUT2D eigenvalue weighted by Gasteiger charge is -2.09. The number of methoxy groups -OCH3 is 1. The average molecular weight is 229 g/mol. The first-order chi connectivity index (χ1) is 7.24. The molecule has 2 N–H and O–H groups in total. The Morgan fingerprint density at radius 3 is 3.13 bits per heavy atom. The van der Waals surface area contributed by atoms with Gasteiger partial charge < -0.3 is 15.2 Å². The summed E-state index contributed by atoms with van der Waals surface area (Å²) in [7, 11) is 1.47. The van der Waals surface area contributed by atoms with Crippen LogP contribution in [0.5, 0.6) is 0 Å². The second-order valence-electron chi connectivity index (χ2n) is 3.10. The average Bonchev–Trinajstić information content (AvgIpc) is 2.70. The van der Waals surface area contributed by atoms with E-state index in [2.05, 4.69) is 10.1 Å². The van der Waals surface area contributed by atoms with Gasteiger partial charge in [-0.1, -0.05) is 6.07 Å². The molecule has 4 nitrogen and oxygen atoms in total. The second kappa shape index (κ2) is 6.55. The van der Waals surface area contributed by atoms with Gasteiger partial charge in [0, 0.05) is 18.5 Å². The Bertz CT molecular complexity index is 287. The number of thiophene rings is 1. The van der Waals surface area contributed by atoms with E-state index in [9.17, 15) is 9.90 Å². The van der Waals surface area contributed by atoms with E-state index in [-0.39, 0.29) is 12.5 Å². The summed E-state index contributed by atoms with van der Waals surface area (Å²) in [6, 6.07) is 3.78. The highest BCUT2D eigenvalue weighted by Gasteiger charge is 2.08. The first-order valence-corrected chi connectivity index (χ1v) is 5.59. The van der Waals surface area contributed by atoms with Gasteiger partial charge >= 0.3 is 0 Å². The lowest BCUT2D eigenvalue weighted by molar-refractivity contribution is -0.124. The number of aliphatic hydroxyl groups excluding tert-OH is 1. The van der Waals surface area contributed by atoms with Gasteiger partial charge in [0.05, 0.1) is 6.10 Å². The predicted octanol–water partition coefficient (Wildman–Crippen LogP) is 0.934. The van der Waals surface area contributed by atoms with Crippen LogP contribution in [-0.4, -0.2) is 31.3 Å². The van der Waals surface area contributed by atoms with E-state index >= 15 is 0 Å². The summed E-state index contributed by atoms with van der Waals surface area (Å²) in [6.07, 6.45) is 0.0310. The summed E-state index contributed by atoms with van der Waals surface area (Å²) < 4.78 is 4.66. The van der Waals surface area contributed by atoms with E-state index < -0.39 is 6.10 Å². The Morgan fingerprint density at radius 2 is 2.53 bits per heavy atom. The number of ether oxygens (including phenoxy) is 1. The minimum atomic E-state index is -0.493. The smallest absolute Gasteiger partial charge is 0.245 e. The molecule has 15 heavy (non-hydrogen) atoms. The molecule has 1 atom stereocenters. The van der Waals surface area contributed by atoms with E-state index in [1.807, 2.05) is 17.5 Å². The van der Waals surface area contributed by atoms with Crippen LogP contribution in [0, 0.1) is 0 Å². The van der Waals surface area contributed by atoms with Crippen molar-refractivity contribution in [2.24, 2.45) is 0 Å². The Balaban J connectivity index is 2.18. The summed E-state index contributed by atoms with van der Waals surface area (Å²) in [4.78, 5) is 11.9. The zero-order valence-corrected chi connectivity index (χ0v) is 9.42. The van der Waals surface area contributed by atoms with Crippen molar-refractivity contribution in [3.8, 4) is 0 Å². The molecule has 0 aliphatic carbocycles. The molecular weight excluding hydrogens is 214 g/mol. The third-order valence-electron chi connectivity index (χ3n) is 1.89. The number of carbonyl (C=O) groups is 1. The Hall–Kier alpha value is -0.910. The molecule has 0 spiro atoms. The summed E-state index contributed by atoms with van der Waals surface area (Å²) in [6.45, 7) is 0.524. The molecule has 0 fully saturated rings. The van der Waals surface area contributed by atoms with Crippen molar-refractivity contribution < 1.29 is 14.6 Å². The summed E-state index contributed by atoms with van der Waals surface area (Å²) in [5, 5.41) is 14.3. The van der Waals surface area contributed by atoms with Gasteiger partial charge in [0.25, 0.3) is 0 Å². The predicted molar refractivity (Wildman–Crippen MR) is 58.8 cm³/mol. The topological polar surface area (TPSA) is 58.6 Å². The van der Waals surface area contributed by atoms with Crippen LogP contribution in [0.25, 0.3) is 0 Å². The summed E-state index contributed by atoms with van der Waals surface area (Å²) in [5.74, 6) is -0.157.